The van der Waals surface area contributed by atoms with Gasteiger partial charge < -0.3 is 0 Å². The summed E-state index contributed by atoms with van der Waals surface area (Å²) >= 11 is 5.69. The van der Waals surface area contributed by atoms with Gasteiger partial charge in [0.05, 0.1) is 0 Å². The van der Waals surface area contributed by atoms with Crippen LogP contribution in [0.15, 0.2) is 12.3 Å². The Balaban J connectivity index is 2.71. The summed E-state index contributed by atoms with van der Waals surface area (Å²) in [6.45, 7) is 4.86. The Bertz CT molecular complexity index is 277. The van der Waals surface area contributed by atoms with Crippen molar-refractivity contribution in [1.82, 2.24) is 9.97 Å². The van der Waals surface area contributed by atoms with Crippen molar-refractivity contribution < 1.29 is 0 Å². The Morgan fingerprint density at radius 1 is 1.62 bits per heavy atom. The molecular formula is C8H13ClN4. The van der Waals surface area contributed by atoms with E-state index in [1.807, 2.05) is 0 Å². The van der Waals surface area contributed by atoms with E-state index in [1.165, 1.54) is 5.01 Å². The number of hydrazine groups is 1. The van der Waals surface area contributed by atoms with Crippen LogP contribution in [0, 0.1) is 5.92 Å². The molecule has 0 aliphatic rings. The zero-order chi connectivity index (χ0) is 9.84. The second-order valence-electron chi connectivity index (χ2n) is 3.23. The van der Waals surface area contributed by atoms with Crippen molar-refractivity contribution in [3.8, 4) is 0 Å². The summed E-state index contributed by atoms with van der Waals surface area (Å²) in [7, 11) is 0. The van der Waals surface area contributed by atoms with Gasteiger partial charge in [0.25, 0.3) is 0 Å². The molecule has 0 bridgehead atoms. The van der Waals surface area contributed by atoms with Crippen molar-refractivity contribution in [2.75, 3.05) is 11.6 Å². The normalized spacial score (nSPS) is 10.5. The largest absolute Gasteiger partial charge is 0.278 e. The molecule has 1 aromatic rings. The van der Waals surface area contributed by atoms with Gasteiger partial charge in [-0.15, -0.1) is 0 Å². The molecule has 0 fully saturated rings. The molecule has 1 rings (SSSR count). The van der Waals surface area contributed by atoms with Gasteiger partial charge in [0.2, 0.25) is 5.95 Å². The first-order chi connectivity index (χ1) is 6.09. The smallest absolute Gasteiger partial charge is 0.241 e. The molecule has 13 heavy (non-hydrogen) atoms. The second-order valence-corrected chi connectivity index (χ2v) is 3.61. The summed E-state index contributed by atoms with van der Waals surface area (Å²) in [5.41, 5.74) is 0. The molecule has 0 atom stereocenters. The molecule has 0 amide bonds. The maximum Gasteiger partial charge on any atom is 0.241 e. The summed E-state index contributed by atoms with van der Waals surface area (Å²) in [5, 5.41) is 1.90. The maximum absolute atomic E-state index is 5.71. The van der Waals surface area contributed by atoms with E-state index in [9.17, 15) is 0 Å². The first-order valence-electron chi connectivity index (χ1n) is 4.10. The minimum Gasteiger partial charge on any atom is -0.278 e. The molecule has 0 aliphatic carbocycles. The van der Waals surface area contributed by atoms with E-state index in [0.717, 1.165) is 0 Å². The zero-order valence-corrected chi connectivity index (χ0v) is 8.49. The second kappa shape index (κ2) is 4.39. The van der Waals surface area contributed by atoms with Crippen molar-refractivity contribution >= 4 is 17.5 Å². The molecule has 0 aliphatic heterocycles. The van der Waals surface area contributed by atoms with Crippen LogP contribution in [0.25, 0.3) is 0 Å². The van der Waals surface area contributed by atoms with E-state index in [4.69, 9.17) is 17.4 Å². The average molecular weight is 201 g/mol. The number of nitrogens with zero attached hydrogens (tertiary/aromatic N) is 3. The van der Waals surface area contributed by atoms with Gasteiger partial charge in [-0.05, 0) is 12.0 Å². The number of aromatic nitrogens is 2. The zero-order valence-electron chi connectivity index (χ0n) is 7.74. The molecule has 5 heteroatoms. The van der Waals surface area contributed by atoms with Crippen LogP contribution in [0.5, 0.6) is 0 Å². The van der Waals surface area contributed by atoms with Crippen LogP contribution in [0.3, 0.4) is 0 Å². The van der Waals surface area contributed by atoms with Crippen molar-refractivity contribution in [1.29, 1.82) is 0 Å². The molecule has 1 heterocycles. The molecule has 0 radical (unpaired) electrons. The van der Waals surface area contributed by atoms with Crippen molar-refractivity contribution in [3.05, 3.63) is 17.4 Å². The lowest BCUT2D eigenvalue weighted by atomic mass is 10.2. The van der Waals surface area contributed by atoms with Crippen molar-refractivity contribution in [3.63, 3.8) is 0 Å². The summed E-state index contributed by atoms with van der Waals surface area (Å²) in [5.74, 6) is 6.64. The topological polar surface area (TPSA) is 55.0 Å². The van der Waals surface area contributed by atoms with Crippen LogP contribution in [-0.2, 0) is 0 Å². The van der Waals surface area contributed by atoms with Crippen LogP contribution in [0.4, 0.5) is 5.95 Å². The van der Waals surface area contributed by atoms with Gasteiger partial charge >= 0.3 is 0 Å². The maximum atomic E-state index is 5.71. The lowest BCUT2D eigenvalue weighted by Gasteiger charge is -2.18. The van der Waals surface area contributed by atoms with Crippen LogP contribution < -0.4 is 10.9 Å². The predicted molar refractivity (Wildman–Crippen MR) is 53.4 cm³/mol. The molecule has 0 unspecified atom stereocenters. The van der Waals surface area contributed by atoms with Gasteiger partial charge in [-0.2, -0.15) is 4.98 Å². The molecule has 0 aromatic carbocycles. The average Bonchev–Trinajstić information content (AvgIpc) is 2.03. The van der Waals surface area contributed by atoms with Gasteiger partial charge in [0, 0.05) is 12.7 Å². The van der Waals surface area contributed by atoms with E-state index < -0.39 is 0 Å². The Morgan fingerprint density at radius 3 is 2.85 bits per heavy atom. The van der Waals surface area contributed by atoms with Crippen LogP contribution in [0.1, 0.15) is 13.8 Å². The summed E-state index contributed by atoms with van der Waals surface area (Å²) in [6.07, 6.45) is 1.59. The third-order valence-electron chi connectivity index (χ3n) is 1.43. The Morgan fingerprint density at radius 2 is 2.31 bits per heavy atom. The van der Waals surface area contributed by atoms with Crippen LogP contribution >= 0.6 is 11.6 Å². The molecule has 4 nitrogen and oxygen atoms in total. The third kappa shape index (κ3) is 3.16. The van der Waals surface area contributed by atoms with Crippen molar-refractivity contribution in [2.24, 2.45) is 11.8 Å². The highest BCUT2D eigenvalue weighted by atomic mass is 35.5. The number of anilines is 1. The molecular weight excluding hydrogens is 188 g/mol. The number of hydrogen-bond acceptors (Lipinski definition) is 4. The molecule has 1 aromatic heterocycles. The lowest BCUT2D eigenvalue weighted by molar-refractivity contribution is 0.611. The van der Waals surface area contributed by atoms with Gasteiger partial charge in [-0.1, -0.05) is 25.4 Å². The van der Waals surface area contributed by atoms with E-state index in [-0.39, 0.29) is 0 Å². The molecule has 0 spiro atoms. The van der Waals surface area contributed by atoms with E-state index in [2.05, 4.69) is 23.8 Å². The van der Waals surface area contributed by atoms with Gasteiger partial charge in [-0.3, -0.25) is 5.01 Å². The first kappa shape index (κ1) is 10.2. The minimum absolute atomic E-state index is 0.407. The first-order valence-corrected chi connectivity index (χ1v) is 4.48. The highest BCUT2D eigenvalue weighted by molar-refractivity contribution is 6.29. The predicted octanol–water partition coefficient (Wildman–Crippen LogP) is 1.47. The summed E-state index contributed by atoms with van der Waals surface area (Å²) in [4.78, 5) is 7.98. The van der Waals surface area contributed by atoms with Gasteiger partial charge in [0.15, 0.2) is 0 Å². The highest BCUT2D eigenvalue weighted by Crippen LogP contribution is 2.09. The Kier molecular flexibility index (Phi) is 3.45. The van der Waals surface area contributed by atoms with E-state index >= 15 is 0 Å². The van der Waals surface area contributed by atoms with Gasteiger partial charge in [0.1, 0.15) is 5.15 Å². The van der Waals surface area contributed by atoms with E-state index in [0.29, 0.717) is 23.6 Å². The van der Waals surface area contributed by atoms with Crippen LogP contribution in [-0.4, -0.2) is 16.5 Å². The van der Waals surface area contributed by atoms with Gasteiger partial charge in [-0.25, -0.2) is 10.8 Å². The SMILES string of the molecule is CC(C)CN(N)c1nccc(Cl)n1. The van der Waals surface area contributed by atoms with Crippen molar-refractivity contribution in [2.45, 2.75) is 13.8 Å². The molecule has 72 valence electrons. The van der Waals surface area contributed by atoms with E-state index in [1.54, 1.807) is 12.3 Å². The molecule has 0 saturated carbocycles. The summed E-state index contributed by atoms with van der Waals surface area (Å²) < 4.78 is 0. The minimum atomic E-state index is 0.407. The standard InChI is InChI=1S/C8H13ClN4/c1-6(2)5-13(10)8-11-4-3-7(9)12-8/h3-4,6H,5,10H2,1-2H3. The fraction of sp³-hybridized carbons (Fsp3) is 0.500. The lowest BCUT2D eigenvalue weighted by Crippen LogP contribution is -2.35. The Labute approximate surface area is 82.7 Å². The Hall–Kier alpha value is -0.870. The highest BCUT2D eigenvalue weighted by Gasteiger charge is 2.06. The number of halogens is 1. The monoisotopic (exact) mass is 200 g/mol. The van der Waals surface area contributed by atoms with Crippen LogP contribution in [0.2, 0.25) is 5.15 Å². The summed E-state index contributed by atoms with van der Waals surface area (Å²) in [6, 6.07) is 1.62. The number of nitrogens with two attached hydrogens (primary N) is 1. The third-order valence-corrected chi connectivity index (χ3v) is 1.64. The quantitative estimate of drug-likeness (QED) is 0.456. The number of rotatable bonds is 3. The number of hydrogen-bond donors (Lipinski definition) is 1. The molecule has 2 N–H and O–H groups in total. The fourth-order valence-corrected chi connectivity index (χ4v) is 1.07. The fourth-order valence-electron chi connectivity index (χ4n) is 0.941. The molecule has 0 saturated heterocycles.